The highest BCUT2D eigenvalue weighted by atomic mass is 32.2. The summed E-state index contributed by atoms with van der Waals surface area (Å²) in [6, 6.07) is 7.78. The molecule has 1 aromatic carbocycles. The van der Waals surface area contributed by atoms with Gasteiger partial charge >= 0.3 is 0 Å². The molecule has 21 heavy (non-hydrogen) atoms. The molecule has 0 aliphatic rings. The number of aromatic amines is 1. The van der Waals surface area contributed by atoms with Crippen LogP contribution in [0.1, 0.15) is 11.3 Å². The standard InChI is InChI=1S/C14H14N2O4S/c1-20-14-10(4-3-5-12(14)21(2,18)19)6-7-11-8-9-13(17)16-15-11/h3-9H,1-2H3,(H,16,17)/b7-6+. The van der Waals surface area contributed by atoms with Gasteiger partial charge in [-0.1, -0.05) is 12.1 Å². The highest BCUT2D eigenvalue weighted by Gasteiger charge is 2.15. The molecule has 0 spiro atoms. The van der Waals surface area contributed by atoms with Crippen molar-refractivity contribution in [1.29, 1.82) is 0 Å². The minimum Gasteiger partial charge on any atom is -0.495 e. The van der Waals surface area contributed by atoms with E-state index in [1.165, 1.54) is 19.2 Å². The fourth-order valence-corrected chi connectivity index (χ4v) is 2.66. The maximum atomic E-state index is 11.7. The third kappa shape index (κ3) is 3.57. The van der Waals surface area contributed by atoms with Crippen molar-refractivity contribution in [2.45, 2.75) is 4.90 Å². The molecule has 0 aliphatic carbocycles. The molecule has 6 nitrogen and oxygen atoms in total. The molecule has 0 radical (unpaired) electrons. The minimum atomic E-state index is -3.38. The van der Waals surface area contributed by atoms with E-state index in [0.717, 1.165) is 6.26 Å². The van der Waals surface area contributed by atoms with E-state index < -0.39 is 9.84 Å². The summed E-state index contributed by atoms with van der Waals surface area (Å²) in [6.45, 7) is 0. The second-order valence-corrected chi connectivity index (χ2v) is 6.31. The van der Waals surface area contributed by atoms with E-state index >= 15 is 0 Å². The van der Waals surface area contributed by atoms with E-state index in [1.54, 1.807) is 30.4 Å². The lowest BCUT2D eigenvalue weighted by Gasteiger charge is -2.09. The third-order valence-corrected chi connectivity index (χ3v) is 3.87. The molecular formula is C14H14N2O4S. The predicted molar refractivity (Wildman–Crippen MR) is 79.9 cm³/mol. The number of rotatable bonds is 4. The average molecular weight is 306 g/mol. The van der Waals surface area contributed by atoms with E-state index in [4.69, 9.17) is 4.74 Å². The molecular weight excluding hydrogens is 292 g/mol. The Morgan fingerprint density at radius 3 is 2.52 bits per heavy atom. The molecule has 1 N–H and O–H groups in total. The Morgan fingerprint density at radius 2 is 1.95 bits per heavy atom. The number of nitrogens with zero attached hydrogens (tertiary/aromatic N) is 1. The third-order valence-electron chi connectivity index (χ3n) is 2.75. The van der Waals surface area contributed by atoms with Crippen molar-refractivity contribution < 1.29 is 13.2 Å². The van der Waals surface area contributed by atoms with E-state index in [9.17, 15) is 13.2 Å². The molecule has 2 rings (SSSR count). The number of benzene rings is 1. The monoisotopic (exact) mass is 306 g/mol. The number of nitrogens with one attached hydrogen (secondary N) is 1. The molecule has 1 heterocycles. The smallest absolute Gasteiger partial charge is 0.264 e. The Morgan fingerprint density at radius 1 is 1.19 bits per heavy atom. The van der Waals surface area contributed by atoms with Gasteiger partial charge < -0.3 is 4.74 Å². The van der Waals surface area contributed by atoms with Crippen LogP contribution in [0.15, 0.2) is 40.0 Å². The van der Waals surface area contributed by atoms with Crippen molar-refractivity contribution in [3.8, 4) is 5.75 Å². The van der Waals surface area contributed by atoms with Crippen LogP contribution in [0.5, 0.6) is 5.75 Å². The Labute approximate surface area is 122 Å². The first kappa shape index (κ1) is 15.0. The van der Waals surface area contributed by atoms with Gasteiger partial charge in [0.25, 0.3) is 5.56 Å². The molecule has 0 amide bonds. The predicted octanol–water partition coefficient (Wildman–Crippen LogP) is 1.35. The maximum Gasteiger partial charge on any atom is 0.264 e. The van der Waals surface area contributed by atoms with Crippen molar-refractivity contribution >= 4 is 22.0 Å². The van der Waals surface area contributed by atoms with Gasteiger partial charge in [-0.25, -0.2) is 13.5 Å². The molecule has 0 saturated carbocycles. The number of sulfone groups is 1. The molecule has 2 aromatic rings. The fourth-order valence-electron chi connectivity index (χ4n) is 1.80. The summed E-state index contributed by atoms with van der Waals surface area (Å²) in [5.41, 5.74) is 0.860. The number of aromatic nitrogens is 2. The molecule has 0 atom stereocenters. The zero-order valence-corrected chi connectivity index (χ0v) is 12.3. The van der Waals surface area contributed by atoms with Crippen LogP contribution < -0.4 is 10.3 Å². The van der Waals surface area contributed by atoms with Crippen LogP contribution >= 0.6 is 0 Å². The highest BCUT2D eigenvalue weighted by molar-refractivity contribution is 7.90. The van der Waals surface area contributed by atoms with Crippen LogP contribution in [0.2, 0.25) is 0 Å². The van der Waals surface area contributed by atoms with Crippen molar-refractivity contribution in [1.82, 2.24) is 10.2 Å². The summed E-state index contributed by atoms with van der Waals surface area (Å²) >= 11 is 0. The van der Waals surface area contributed by atoms with Crippen LogP contribution in [-0.2, 0) is 9.84 Å². The zero-order valence-electron chi connectivity index (χ0n) is 11.5. The summed E-state index contributed by atoms with van der Waals surface area (Å²) < 4.78 is 28.6. The molecule has 0 bridgehead atoms. The van der Waals surface area contributed by atoms with Gasteiger partial charge in [0.1, 0.15) is 10.6 Å². The summed E-state index contributed by atoms with van der Waals surface area (Å²) in [5, 5.41) is 6.15. The van der Waals surface area contributed by atoms with E-state index in [1.807, 2.05) is 0 Å². The molecule has 0 fully saturated rings. The first-order valence-corrected chi connectivity index (χ1v) is 7.92. The van der Waals surface area contributed by atoms with Gasteiger partial charge in [0.05, 0.1) is 12.8 Å². The fraction of sp³-hybridized carbons (Fsp3) is 0.143. The Hall–Kier alpha value is -2.41. The van der Waals surface area contributed by atoms with Gasteiger partial charge in [-0.2, -0.15) is 5.10 Å². The highest BCUT2D eigenvalue weighted by Crippen LogP contribution is 2.29. The second kappa shape index (κ2) is 5.92. The largest absolute Gasteiger partial charge is 0.495 e. The average Bonchev–Trinajstić information content (AvgIpc) is 2.45. The molecule has 0 saturated heterocycles. The van der Waals surface area contributed by atoms with Crippen molar-refractivity contribution in [3.63, 3.8) is 0 Å². The van der Waals surface area contributed by atoms with Crippen LogP contribution in [0.3, 0.4) is 0 Å². The van der Waals surface area contributed by atoms with Gasteiger partial charge in [-0.3, -0.25) is 4.79 Å². The van der Waals surface area contributed by atoms with E-state index in [0.29, 0.717) is 11.3 Å². The van der Waals surface area contributed by atoms with Gasteiger partial charge in [0, 0.05) is 17.9 Å². The minimum absolute atomic E-state index is 0.126. The van der Waals surface area contributed by atoms with E-state index in [-0.39, 0.29) is 16.2 Å². The normalized spacial score (nSPS) is 11.7. The van der Waals surface area contributed by atoms with Gasteiger partial charge in [-0.15, -0.1) is 0 Å². The number of ether oxygens (including phenoxy) is 1. The first-order valence-electron chi connectivity index (χ1n) is 6.02. The maximum absolute atomic E-state index is 11.7. The number of hydrogen-bond acceptors (Lipinski definition) is 5. The van der Waals surface area contributed by atoms with Gasteiger partial charge in [0.2, 0.25) is 0 Å². The SMILES string of the molecule is COc1c(/C=C/c2ccc(=O)[nH]n2)cccc1S(C)(=O)=O. The molecule has 110 valence electrons. The van der Waals surface area contributed by atoms with Crippen LogP contribution in [0.25, 0.3) is 12.2 Å². The molecule has 0 aliphatic heterocycles. The summed E-state index contributed by atoms with van der Waals surface area (Å²) in [5.74, 6) is 0.278. The number of methoxy groups -OCH3 is 1. The van der Waals surface area contributed by atoms with E-state index in [2.05, 4.69) is 10.2 Å². The lowest BCUT2D eigenvalue weighted by Crippen LogP contribution is -2.05. The Balaban J connectivity index is 2.45. The lowest BCUT2D eigenvalue weighted by atomic mass is 10.1. The van der Waals surface area contributed by atoms with Gasteiger partial charge in [0.15, 0.2) is 9.84 Å². The molecule has 7 heteroatoms. The number of hydrogen-bond donors (Lipinski definition) is 1. The zero-order chi connectivity index (χ0) is 15.5. The topological polar surface area (TPSA) is 89.1 Å². The molecule has 1 aromatic heterocycles. The van der Waals surface area contributed by atoms with Gasteiger partial charge in [-0.05, 0) is 24.3 Å². The summed E-state index contributed by atoms with van der Waals surface area (Å²) in [6.07, 6.45) is 4.45. The summed E-state index contributed by atoms with van der Waals surface area (Å²) in [7, 11) is -1.96. The van der Waals surface area contributed by atoms with Crippen molar-refractivity contribution in [3.05, 3.63) is 51.9 Å². The quantitative estimate of drug-likeness (QED) is 0.921. The van der Waals surface area contributed by atoms with Crippen molar-refractivity contribution in [2.24, 2.45) is 0 Å². The number of H-pyrrole nitrogens is 1. The lowest BCUT2D eigenvalue weighted by molar-refractivity contribution is 0.402. The van der Waals surface area contributed by atoms with Crippen LogP contribution in [0, 0.1) is 0 Å². The van der Waals surface area contributed by atoms with Crippen LogP contribution in [0.4, 0.5) is 0 Å². The first-order chi connectivity index (χ1) is 9.91. The summed E-state index contributed by atoms with van der Waals surface area (Å²) in [4.78, 5) is 11.0. The molecule has 0 unspecified atom stereocenters. The Bertz CT molecular complexity index is 818. The Kier molecular flexibility index (Phi) is 4.23. The number of para-hydroxylation sites is 1. The second-order valence-electron chi connectivity index (χ2n) is 4.33. The van der Waals surface area contributed by atoms with Crippen molar-refractivity contribution in [2.75, 3.05) is 13.4 Å². The van der Waals surface area contributed by atoms with Crippen LogP contribution in [-0.4, -0.2) is 32.0 Å².